The highest BCUT2D eigenvalue weighted by atomic mass is 79.9. The van der Waals surface area contributed by atoms with E-state index in [1.807, 2.05) is 6.92 Å². The SMILES string of the molecule is CCC(CC)C(Br)CNC(=O)c1coc(C)c1. The Morgan fingerprint density at radius 1 is 1.47 bits per heavy atom. The molecule has 1 unspecified atom stereocenters. The predicted molar refractivity (Wildman–Crippen MR) is 72.6 cm³/mol. The van der Waals surface area contributed by atoms with Crippen molar-refractivity contribution in [1.29, 1.82) is 0 Å². The van der Waals surface area contributed by atoms with Gasteiger partial charge in [0.2, 0.25) is 0 Å². The summed E-state index contributed by atoms with van der Waals surface area (Å²) in [6.45, 7) is 6.82. The molecule has 0 saturated carbocycles. The zero-order valence-electron chi connectivity index (χ0n) is 10.6. The summed E-state index contributed by atoms with van der Waals surface area (Å²) in [4.78, 5) is 12.1. The second-order valence-corrected chi connectivity index (χ2v) is 5.42. The van der Waals surface area contributed by atoms with Crippen LogP contribution in [-0.4, -0.2) is 17.3 Å². The number of hydrogen-bond acceptors (Lipinski definition) is 2. The number of aryl methyl sites for hydroxylation is 1. The minimum absolute atomic E-state index is 0.0720. The Morgan fingerprint density at radius 2 is 2.12 bits per heavy atom. The van der Waals surface area contributed by atoms with E-state index in [-0.39, 0.29) is 5.91 Å². The minimum Gasteiger partial charge on any atom is -0.469 e. The molecule has 0 saturated heterocycles. The molecule has 1 heterocycles. The van der Waals surface area contributed by atoms with Crippen LogP contribution < -0.4 is 5.32 Å². The maximum absolute atomic E-state index is 11.8. The van der Waals surface area contributed by atoms with Gasteiger partial charge >= 0.3 is 0 Å². The predicted octanol–water partition coefficient (Wildman–Crippen LogP) is 3.52. The number of nitrogens with one attached hydrogen (secondary N) is 1. The van der Waals surface area contributed by atoms with Crippen molar-refractivity contribution < 1.29 is 9.21 Å². The Bertz CT molecular complexity index is 358. The Morgan fingerprint density at radius 3 is 2.59 bits per heavy atom. The molecule has 0 spiro atoms. The zero-order valence-corrected chi connectivity index (χ0v) is 12.2. The lowest BCUT2D eigenvalue weighted by Crippen LogP contribution is -2.32. The van der Waals surface area contributed by atoms with Gasteiger partial charge in [-0.15, -0.1) is 0 Å². The summed E-state index contributed by atoms with van der Waals surface area (Å²) < 4.78 is 5.11. The summed E-state index contributed by atoms with van der Waals surface area (Å²) >= 11 is 3.63. The van der Waals surface area contributed by atoms with E-state index in [0.29, 0.717) is 22.9 Å². The Kier molecular flexibility index (Phi) is 5.75. The lowest BCUT2D eigenvalue weighted by atomic mass is 9.99. The van der Waals surface area contributed by atoms with Gasteiger partial charge in [0.05, 0.1) is 5.56 Å². The molecular weight excluding hydrogens is 282 g/mol. The van der Waals surface area contributed by atoms with E-state index in [4.69, 9.17) is 4.42 Å². The molecular formula is C13H20BrNO2. The van der Waals surface area contributed by atoms with E-state index < -0.39 is 0 Å². The standard InChI is InChI=1S/C13H20BrNO2/c1-4-10(5-2)12(14)7-15-13(16)11-6-9(3)17-8-11/h6,8,10,12H,4-5,7H2,1-3H3,(H,15,16). The van der Waals surface area contributed by atoms with E-state index in [0.717, 1.165) is 18.6 Å². The summed E-state index contributed by atoms with van der Waals surface area (Å²) in [5.41, 5.74) is 0.590. The number of furan rings is 1. The summed E-state index contributed by atoms with van der Waals surface area (Å²) in [5.74, 6) is 1.28. The molecule has 1 aromatic rings. The van der Waals surface area contributed by atoms with Crippen molar-refractivity contribution in [3.05, 3.63) is 23.7 Å². The average molecular weight is 302 g/mol. The van der Waals surface area contributed by atoms with Crippen molar-refractivity contribution in [2.45, 2.75) is 38.4 Å². The van der Waals surface area contributed by atoms with Crippen LogP contribution in [0, 0.1) is 12.8 Å². The first kappa shape index (κ1) is 14.3. The fourth-order valence-corrected chi connectivity index (χ4v) is 2.73. The quantitative estimate of drug-likeness (QED) is 0.817. The number of amides is 1. The Labute approximate surface area is 111 Å². The summed E-state index contributed by atoms with van der Waals surface area (Å²) in [6.07, 6.45) is 3.73. The molecule has 0 bridgehead atoms. The largest absolute Gasteiger partial charge is 0.469 e. The van der Waals surface area contributed by atoms with Crippen LogP contribution >= 0.6 is 15.9 Å². The molecule has 17 heavy (non-hydrogen) atoms. The molecule has 0 aliphatic heterocycles. The van der Waals surface area contributed by atoms with Crippen LogP contribution in [0.3, 0.4) is 0 Å². The molecule has 1 amide bonds. The van der Waals surface area contributed by atoms with Gasteiger partial charge in [0, 0.05) is 11.4 Å². The fourth-order valence-electron chi connectivity index (χ4n) is 1.82. The number of carbonyl (C=O) groups is 1. The third kappa shape index (κ3) is 4.19. The molecule has 1 N–H and O–H groups in total. The highest BCUT2D eigenvalue weighted by Gasteiger charge is 2.17. The zero-order chi connectivity index (χ0) is 12.8. The van der Waals surface area contributed by atoms with Gasteiger partial charge < -0.3 is 9.73 Å². The van der Waals surface area contributed by atoms with Gasteiger partial charge in [-0.3, -0.25) is 4.79 Å². The summed E-state index contributed by atoms with van der Waals surface area (Å²) in [5, 5.41) is 2.92. The Hall–Kier alpha value is -0.770. The van der Waals surface area contributed by atoms with Crippen LogP contribution in [0.5, 0.6) is 0 Å². The molecule has 0 aliphatic rings. The number of halogens is 1. The second-order valence-electron chi connectivity index (χ2n) is 4.25. The van der Waals surface area contributed by atoms with Crippen molar-refractivity contribution in [2.24, 2.45) is 5.92 Å². The summed E-state index contributed by atoms with van der Waals surface area (Å²) in [7, 11) is 0. The number of carbonyl (C=O) groups excluding carboxylic acids is 1. The molecule has 0 fully saturated rings. The maximum atomic E-state index is 11.8. The second kappa shape index (κ2) is 6.84. The third-order valence-corrected chi connectivity index (χ3v) is 4.08. The molecule has 0 aromatic carbocycles. The van der Waals surface area contributed by atoms with Gasteiger partial charge in [0.15, 0.2) is 0 Å². The molecule has 4 heteroatoms. The number of alkyl halides is 1. The van der Waals surface area contributed by atoms with Crippen molar-refractivity contribution in [3.63, 3.8) is 0 Å². The topological polar surface area (TPSA) is 42.2 Å². The van der Waals surface area contributed by atoms with Crippen LogP contribution in [0.4, 0.5) is 0 Å². The molecule has 0 radical (unpaired) electrons. The van der Waals surface area contributed by atoms with Gasteiger partial charge in [0.25, 0.3) is 5.91 Å². The van der Waals surface area contributed by atoms with E-state index >= 15 is 0 Å². The summed E-state index contributed by atoms with van der Waals surface area (Å²) in [6, 6.07) is 1.75. The van der Waals surface area contributed by atoms with Crippen LogP contribution in [-0.2, 0) is 0 Å². The normalized spacial score (nSPS) is 12.8. The van der Waals surface area contributed by atoms with Crippen molar-refractivity contribution in [2.75, 3.05) is 6.54 Å². The van der Waals surface area contributed by atoms with Crippen molar-refractivity contribution >= 4 is 21.8 Å². The first-order valence-corrected chi connectivity index (χ1v) is 6.97. The number of rotatable bonds is 6. The molecule has 1 rings (SSSR count). The highest BCUT2D eigenvalue weighted by molar-refractivity contribution is 9.09. The van der Waals surface area contributed by atoms with E-state index in [1.165, 1.54) is 6.26 Å². The van der Waals surface area contributed by atoms with E-state index in [1.54, 1.807) is 6.07 Å². The van der Waals surface area contributed by atoms with Gasteiger partial charge in [0.1, 0.15) is 12.0 Å². The first-order valence-electron chi connectivity index (χ1n) is 6.05. The monoisotopic (exact) mass is 301 g/mol. The molecule has 96 valence electrons. The van der Waals surface area contributed by atoms with Gasteiger partial charge in [-0.2, -0.15) is 0 Å². The van der Waals surface area contributed by atoms with Gasteiger partial charge in [-0.25, -0.2) is 0 Å². The van der Waals surface area contributed by atoms with Crippen LogP contribution in [0.2, 0.25) is 0 Å². The van der Waals surface area contributed by atoms with Crippen LogP contribution in [0.15, 0.2) is 16.7 Å². The Balaban J connectivity index is 2.43. The van der Waals surface area contributed by atoms with Crippen LogP contribution in [0.1, 0.15) is 42.8 Å². The van der Waals surface area contributed by atoms with Crippen LogP contribution in [0.25, 0.3) is 0 Å². The van der Waals surface area contributed by atoms with E-state index in [2.05, 4.69) is 35.1 Å². The smallest absolute Gasteiger partial charge is 0.254 e. The van der Waals surface area contributed by atoms with E-state index in [9.17, 15) is 4.79 Å². The lowest BCUT2D eigenvalue weighted by Gasteiger charge is -2.19. The molecule has 1 atom stereocenters. The molecule has 3 nitrogen and oxygen atoms in total. The fraction of sp³-hybridized carbons (Fsp3) is 0.615. The minimum atomic E-state index is -0.0720. The molecule has 1 aromatic heterocycles. The maximum Gasteiger partial charge on any atom is 0.254 e. The lowest BCUT2D eigenvalue weighted by molar-refractivity contribution is 0.0951. The van der Waals surface area contributed by atoms with Crippen molar-refractivity contribution in [3.8, 4) is 0 Å². The third-order valence-electron chi connectivity index (χ3n) is 3.01. The van der Waals surface area contributed by atoms with Crippen molar-refractivity contribution in [1.82, 2.24) is 5.32 Å². The van der Waals surface area contributed by atoms with Gasteiger partial charge in [-0.05, 0) is 18.9 Å². The number of hydrogen-bond donors (Lipinski definition) is 1. The first-order chi connectivity index (χ1) is 8.08. The molecule has 0 aliphatic carbocycles. The average Bonchev–Trinajstić information content (AvgIpc) is 2.74. The highest BCUT2D eigenvalue weighted by Crippen LogP contribution is 2.19. The van der Waals surface area contributed by atoms with Gasteiger partial charge in [-0.1, -0.05) is 42.6 Å².